The van der Waals surface area contributed by atoms with Crippen LogP contribution in [0.1, 0.15) is 25.5 Å². The van der Waals surface area contributed by atoms with Crippen molar-refractivity contribution in [1.82, 2.24) is 20.2 Å². The highest BCUT2D eigenvalue weighted by molar-refractivity contribution is 6.28. The Morgan fingerprint density at radius 2 is 2.10 bits per heavy atom. The predicted octanol–water partition coefficient (Wildman–Crippen LogP) is 3.94. The molecule has 3 aromatic rings. The minimum atomic E-state index is -0.497. The van der Waals surface area contributed by atoms with E-state index in [1.165, 1.54) is 0 Å². The first kappa shape index (κ1) is 13.0. The van der Waals surface area contributed by atoms with Gasteiger partial charge in [0.2, 0.25) is 5.28 Å². The maximum atomic E-state index is 13.8. The molecule has 0 atom stereocenters. The van der Waals surface area contributed by atoms with Crippen molar-refractivity contribution in [1.29, 1.82) is 0 Å². The Morgan fingerprint density at radius 1 is 1.30 bits per heavy atom. The number of hydrogen-bond donors (Lipinski definition) is 1. The molecule has 0 saturated heterocycles. The summed E-state index contributed by atoms with van der Waals surface area (Å²) in [7, 11) is 0. The van der Waals surface area contributed by atoms with Gasteiger partial charge >= 0.3 is 0 Å². The fourth-order valence-corrected chi connectivity index (χ4v) is 2.30. The number of rotatable bonds is 2. The highest BCUT2D eigenvalue weighted by Crippen LogP contribution is 2.28. The Bertz CT molecular complexity index is 782. The number of nitrogens with zero attached hydrogens (tertiary/aromatic N) is 3. The maximum absolute atomic E-state index is 13.8. The molecular weight excluding hydrogens is 279 g/mol. The molecule has 0 radical (unpaired) electrons. The molecule has 3 rings (SSSR count). The predicted molar refractivity (Wildman–Crippen MR) is 76.2 cm³/mol. The van der Waals surface area contributed by atoms with Gasteiger partial charge in [0.05, 0.1) is 11.7 Å². The Kier molecular flexibility index (Phi) is 3.14. The first-order chi connectivity index (χ1) is 9.56. The van der Waals surface area contributed by atoms with Crippen molar-refractivity contribution in [3.63, 3.8) is 0 Å². The molecule has 1 aromatic carbocycles. The lowest BCUT2D eigenvalue weighted by molar-refractivity contribution is 0.618. The average Bonchev–Trinajstić information content (AvgIpc) is 2.84. The van der Waals surface area contributed by atoms with Gasteiger partial charge in [-0.1, -0.05) is 19.9 Å². The van der Waals surface area contributed by atoms with E-state index in [0.717, 1.165) is 22.8 Å². The molecule has 2 aromatic heterocycles. The fraction of sp³-hybridized carbons (Fsp3) is 0.214. The molecule has 0 bridgehead atoms. The molecule has 0 aliphatic rings. The van der Waals surface area contributed by atoms with Crippen LogP contribution >= 0.6 is 11.6 Å². The van der Waals surface area contributed by atoms with Gasteiger partial charge in [0.1, 0.15) is 5.69 Å². The molecule has 2 heterocycles. The van der Waals surface area contributed by atoms with Gasteiger partial charge in [0.25, 0.3) is 0 Å². The second-order valence-corrected chi connectivity index (χ2v) is 5.20. The molecule has 0 aliphatic heterocycles. The summed E-state index contributed by atoms with van der Waals surface area (Å²) < 4.78 is 13.8. The summed E-state index contributed by atoms with van der Waals surface area (Å²) in [6, 6.07) is 5.48. The van der Waals surface area contributed by atoms with E-state index in [2.05, 4.69) is 34.0 Å². The van der Waals surface area contributed by atoms with Crippen LogP contribution in [0.5, 0.6) is 0 Å². The lowest BCUT2D eigenvalue weighted by atomic mass is 10.0. The molecule has 0 spiro atoms. The highest BCUT2D eigenvalue weighted by atomic mass is 35.5. The largest absolute Gasteiger partial charge is 0.281 e. The van der Waals surface area contributed by atoms with Crippen LogP contribution in [0, 0.1) is 5.82 Å². The van der Waals surface area contributed by atoms with Crippen LogP contribution in [0.15, 0.2) is 24.4 Å². The first-order valence-electron chi connectivity index (χ1n) is 6.22. The molecule has 20 heavy (non-hydrogen) atoms. The van der Waals surface area contributed by atoms with Gasteiger partial charge in [-0.05, 0) is 29.7 Å². The Morgan fingerprint density at radius 3 is 2.85 bits per heavy atom. The van der Waals surface area contributed by atoms with Crippen molar-refractivity contribution in [2.75, 3.05) is 0 Å². The van der Waals surface area contributed by atoms with Crippen LogP contribution in [0.2, 0.25) is 5.28 Å². The van der Waals surface area contributed by atoms with E-state index >= 15 is 0 Å². The van der Waals surface area contributed by atoms with Crippen LogP contribution in [-0.4, -0.2) is 20.2 Å². The van der Waals surface area contributed by atoms with Gasteiger partial charge in [-0.15, -0.1) is 0 Å². The van der Waals surface area contributed by atoms with E-state index in [-0.39, 0.29) is 11.0 Å². The normalized spacial score (nSPS) is 11.4. The van der Waals surface area contributed by atoms with E-state index in [9.17, 15) is 4.39 Å². The van der Waals surface area contributed by atoms with E-state index in [1.54, 1.807) is 6.07 Å². The van der Waals surface area contributed by atoms with Crippen LogP contribution < -0.4 is 0 Å². The van der Waals surface area contributed by atoms with E-state index < -0.39 is 5.82 Å². The van der Waals surface area contributed by atoms with Gasteiger partial charge in [-0.3, -0.25) is 5.10 Å². The number of halogens is 2. The third-order valence-corrected chi connectivity index (χ3v) is 3.33. The van der Waals surface area contributed by atoms with Gasteiger partial charge in [-0.2, -0.15) is 5.10 Å². The van der Waals surface area contributed by atoms with Crippen molar-refractivity contribution >= 4 is 22.5 Å². The van der Waals surface area contributed by atoms with Crippen LogP contribution in [0.4, 0.5) is 4.39 Å². The van der Waals surface area contributed by atoms with Crippen LogP contribution in [0.25, 0.3) is 22.2 Å². The molecule has 102 valence electrons. The van der Waals surface area contributed by atoms with Crippen molar-refractivity contribution < 1.29 is 4.39 Å². The monoisotopic (exact) mass is 290 g/mol. The van der Waals surface area contributed by atoms with E-state index in [1.807, 2.05) is 12.1 Å². The maximum Gasteiger partial charge on any atom is 0.223 e. The standard InChI is InChI=1S/C14H12ClFN4/c1-7(2)12-9-5-8(3-4-11(9)19-20-12)13-10(16)6-17-14(15)18-13/h3-7H,1-2H3,(H,19,20). The van der Waals surface area contributed by atoms with Gasteiger partial charge < -0.3 is 0 Å². The second kappa shape index (κ2) is 4.83. The zero-order chi connectivity index (χ0) is 14.3. The molecule has 0 fully saturated rings. The topological polar surface area (TPSA) is 54.5 Å². The van der Waals surface area contributed by atoms with E-state index in [4.69, 9.17) is 11.6 Å². The number of nitrogens with one attached hydrogen (secondary N) is 1. The number of H-pyrrole nitrogens is 1. The number of hydrogen-bond acceptors (Lipinski definition) is 3. The smallest absolute Gasteiger partial charge is 0.223 e. The highest BCUT2D eigenvalue weighted by Gasteiger charge is 2.13. The second-order valence-electron chi connectivity index (χ2n) is 4.86. The van der Waals surface area contributed by atoms with Gasteiger partial charge in [0, 0.05) is 16.6 Å². The average molecular weight is 291 g/mol. The third-order valence-electron chi connectivity index (χ3n) is 3.15. The molecule has 0 aliphatic carbocycles. The van der Waals surface area contributed by atoms with Crippen molar-refractivity contribution in [2.45, 2.75) is 19.8 Å². The Hall–Kier alpha value is -2.01. The minimum absolute atomic E-state index is 0.0257. The lowest BCUT2D eigenvalue weighted by Crippen LogP contribution is -1.93. The van der Waals surface area contributed by atoms with Crippen LogP contribution in [0.3, 0.4) is 0 Å². The number of aromatic nitrogens is 4. The number of fused-ring (bicyclic) bond motifs is 1. The summed E-state index contributed by atoms with van der Waals surface area (Å²) in [5.74, 6) is -0.197. The van der Waals surface area contributed by atoms with Crippen molar-refractivity contribution in [3.8, 4) is 11.3 Å². The molecule has 4 nitrogen and oxygen atoms in total. The first-order valence-corrected chi connectivity index (χ1v) is 6.60. The fourth-order valence-electron chi connectivity index (χ4n) is 2.17. The number of benzene rings is 1. The quantitative estimate of drug-likeness (QED) is 0.727. The summed E-state index contributed by atoms with van der Waals surface area (Å²) in [5, 5.41) is 8.24. The van der Waals surface area contributed by atoms with E-state index in [0.29, 0.717) is 11.5 Å². The molecule has 0 unspecified atom stereocenters. The lowest BCUT2D eigenvalue weighted by Gasteiger charge is -2.05. The summed E-state index contributed by atoms with van der Waals surface area (Å²) in [6.07, 6.45) is 1.08. The Labute approximate surface area is 120 Å². The molecule has 0 amide bonds. The van der Waals surface area contributed by atoms with Gasteiger partial charge in [0.15, 0.2) is 5.82 Å². The molecule has 6 heteroatoms. The summed E-state index contributed by atoms with van der Waals surface area (Å²) in [5.41, 5.74) is 2.71. The summed E-state index contributed by atoms with van der Waals surface area (Å²) in [6.45, 7) is 4.14. The zero-order valence-electron chi connectivity index (χ0n) is 11.0. The molecule has 0 saturated carbocycles. The number of aromatic amines is 1. The molecule has 1 N–H and O–H groups in total. The SMILES string of the molecule is CC(C)c1[nH]nc2ccc(-c3nc(Cl)ncc3F)cc12. The van der Waals surface area contributed by atoms with Crippen molar-refractivity contribution in [2.24, 2.45) is 0 Å². The summed E-state index contributed by atoms with van der Waals surface area (Å²) >= 11 is 5.74. The van der Waals surface area contributed by atoms with Gasteiger partial charge in [-0.25, -0.2) is 14.4 Å². The Balaban J connectivity index is 2.21. The van der Waals surface area contributed by atoms with Crippen LogP contribution in [-0.2, 0) is 0 Å². The van der Waals surface area contributed by atoms with Crippen molar-refractivity contribution in [3.05, 3.63) is 41.2 Å². The third kappa shape index (κ3) is 2.14. The summed E-state index contributed by atoms with van der Waals surface area (Å²) in [4.78, 5) is 7.58. The zero-order valence-corrected chi connectivity index (χ0v) is 11.7. The minimum Gasteiger partial charge on any atom is -0.281 e. The molecular formula is C14H12ClFN4.